The molecule has 3 heteroatoms. The van der Waals surface area contributed by atoms with Crippen molar-refractivity contribution in [1.29, 1.82) is 0 Å². The zero-order valence-electron chi connectivity index (χ0n) is 14.5. The Bertz CT molecular complexity index is 257. The van der Waals surface area contributed by atoms with Gasteiger partial charge < -0.3 is 15.1 Å². The van der Waals surface area contributed by atoms with Gasteiger partial charge in [-0.2, -0.15) is 0 Å². The lowest BCUT2D eigenvalue weighted by Gasteiger charge is -2.41. The fourth-order valence-electron chi connectivity index (χ4n) is 3.62. The van der Waals surface area contributed by atoms with E-state index in [-0.39, 0.29) is 0 Å². The van der Waals surface area contributed by atoms with Gasteiger partial charge in [0.1, 0.15) is 0 Å². The average molecular weight is 284 g/mol. The molecule has 1 saturated heterocycles. The summed E-state index contributed by atoms with van der Waals surface area (Å²) in [5.74, 6) is 0. The average Bonchev–Trinajstić information content (AvgIpc) is 2.39. The van der Waals surface area contributed by atoms with Crippen molar-refractivity contribution in [3.8, 4) is 0 Å². The summed E-state index contributed by atoms with van der Waals surface area (Å²) >= 11 is 0. The monoisotopic (exact) mass is 283 g/mol. The molecular weight excluding hydrogens is 246 g/mol. The predicted molar refractivity (Wildman–Crippen MR) is 89.3 cm³/mol. The van der Waals surface area contributed by atoms with E-state index in [9.17, 15) is 0 Å². The van der Waals surface area contributed by atoms with Crippen molar-refractivity contribution in [2.45, 2.75) is 58.9 Å². The first-order valence-corrected chi connectivity index (χ1v) is 8.60. The number of nitrogens with one attached hydrogen (secondary N) is 1. The zero-order valence-corrected chi connectivity index (χ0v) is 14.5. The van der Waals surface area contributed by atoms with E-state index in [0.717, 1.165) is 19.1 Å². The molecule has 0 radical (unpaired) electrons. The molecule has 0 saturated carbocycles. The molecule has 0 bridgehead atoms. The Kier molecular flexibility index (Phi) is 8.08. The third-order valence-electron chi connectivity index (χ3n) is 4.69. The standard InChI is InChI=1S/C17H37N3/c1-6-10-17(3,14-18-11-7-2)15-20(5)16-9-8-12-19(4)13-16/h16,18H,6-15H2,1-5H3. The van der Waals surface area contributed by atoms with Gasteiger partial charge in [0.25, 0.3) is 0 Å². The van der Waals surface area contributed by atoms with Crippen LogP contribution in [0.3, 0.4) is 0 Å². The maximum atomic E-state index is 3.64. The van der Waals surface area contributed by atoms with Gasteiger partial charge in [-0.3, -0.25) is 0 Å². The van der Waals surface area contributed by atoms with Crippen LogP contribution in [0.5, 0.6) is 0 Å². The summed E-state index contributed by atoms with van der Waals surface area (Å²) in [4.78, 5) is 5.11. The molecule has 0 amide bonds. The highest BCUT2D eigenvalue weighted by Crippen LogP contribution is 2.26. The van der Waals surface area contributed by atoms with E-state index < -0.39 is 0 Å². The topological polar surface area (TPSA) is 18.5 Å². The highest BCUT2D eigenvalue weighted by Gasteiger charge is 2.29. The van der Waals surface area contributed by atoms with E-state index in [1.165, 1.54) is 51.7 Å². The van der Waals surface area contributed by atoms with Crippen LogP contribution in [0.15, 0.2) is 0 Å². The van der Waals surface area contributed by atoms with Crippen molar-refractivity contribution >= 4 is 0 Å². The maximum absolute atomic E-state index is 3.64. The SMILES string of the molecule is CCCNCC(C)(CCC)CN(C)C1CCCN(C)C1. The first kappa shape index (κ1) is 17.9. The van der Waals surface area contributed by atoms with Crippen molar-refractivity contribution < 1.29 is 0 Å². The van der Waals surface area contributed by atoms with Crippen molar-refractivity contribution in [3.63, 3.8) is 0 Å². The van der Waals surface area contributed by atoms with E-state index in [2.05, 4.69) is 50.0 Å². The number of piperidine rings is 1. The van der Waals surface area contributed by atoms with E-state index in [1.807, 2.05) is 0 Å². The van der Waals surface area contributed by atoms with E-state index >= 15 is 0 Å². The first-order chi connectivity index (χ1) is 9.50. The van der Waals surface area contributed by atoms with Crippen LogP contribution in [0.2, 0.25) is 0 Å². The second-order valence-corrected chi connectivity index (χ2v) is 7.21. The lowest BCUT2D eigenvalue weighted by molar-refractivity contribution is 0.0879. The Morgan fingerprint density at radius 2 is 2.05 bits per heavy atom. The zero-order chi connectivity index (χ0) is 15.0. The maximum Gasteiger partial charge on any atom is 0.0220 e. The van der Waals surface area contributed by atoms with Crippen LogP contribution in [0.25, 0.3) is 0 Å². The van der Waals surface area contributed by atoms with Crippen LogP contribution in [0.4, 0.5) is 0 Å². The second kappa shape index (κ2) is 9.01. The molecule has 1 aliphatic rings. The molecule has 1 rings (SSSR count). The van der Waals surface area contributed by atoms with Gasteiger partial charge in [-0.05, 0) is 58.3 Å². The second-order valence-electron chi connectivity index (χ2n) is 7.21. The van der Waals surface area contributed by atoms with Gasteiger partial charge in [0.2, 0.25) is 0 Å². The summed E-state index contributed by atoms with van der Waals surface area (Å²) in [6.07, 6.45) is 6.54. The Morgan fingerprint density at radius 3 is 2.65 bits per heavy atom. The molecule has 2 atom stereocenters. The molecule has 1 aliphatic heterocycles. The molecule has 2 unspecified atom stereocenters. The summed E-state index contributed by atoms with van der Waals surface area (Å²) in [6.45, 7) is 13.0. The molecule has 20 heavy (non-hydrogen) atoms. The highest BCUT2D eigenvalue weighted by atomic mass is 15.2. The van der Waals surface area contributed by atoms with Crippen LogP contribution < -0.4 is 5.32 Å². The van der Waals surface area contributed by atoms with Gasteiger partial charge in [0.15, 0.2) is 0 Å². The van der Waals surface area contributed by atoms with Crippen LogP contribution in [0, 0.1) is 5.41 Å². The first-order valence-electron chi connectivity index (χ1n) is 8.60. The van der Waals surface area contributed by atoms with Gasteiger partial charge in [0.05, 0.1) is 0 Å². The van der Waals surface area contributed by atoms with Crippen LogP contribution in [-0.2, 0) is 0 Å². The lowest BCUT2D eigenvalue weighted by Crippen LogP contribution is -2.50. The highest BCUT2D eigenvalue weighted by molar-refractivity contribution is 4.85. The minimum Gasteiger partial charge on any atom is -0.316 e. The lowest BCUT2D eigenvalue weighted by atomic mass is 9.84. The van der Waals surface area contributed by atoms with Crippen molar-refractivity contribution in [3.05, 3.63) is 0 Å². The summed E-state index contributed by atoms with van der Waals surface area (Å²) in [5, 5.41) is 3.64. The van der Waals surface area contributed by atoms with Gasteiger partial charge in [0, 0.05) is 25.7 Å². The van der Waals surface area contributed by atoms with Gasteiger partial charge in [-0.25, -0.2) is 0 Å². The summed E-state index contributed by atoms with van der Waals surface area (Å²) in [6, 6.07) is 0.746. The quantitative estimate of drug-likeness (QED) is 0.657. The number of likely N-dealkylation sites (N-methyl/N-ethyl adjacent to an activating group) is 2. The fourth-order valence-corrected chi connectivity index (χ4v) is 3.62. The Hall–Kier alpha value is -0.120. The molecular formula is C17H37N3. The molecule has 0 aromatic carbocycles. The Balaban J connectivity index is 2.49. The Morgan fingerprint density at radius 1 is 1.30 bits per heavy atom. The molecule has 1 N–H and O–H groups in total. The van der Waals surface area contributed by atoms with Crippen LogP contribution in [-0.4, -0.2) is 62.7 Å². The molecule has 1 heterocycles. The van der Waals surface area contributed by atoms with Gasteiger partial charge in [-0.1, -0.05) is 27.2 Å². The fraction of sp³-hybridized carbons (Fsp3) is 1.00. The van der Waals surface area contributed by atoms with E-state index in [0.29, 0.717) is 5.41 Å². The predicted octanol–water partition coefficient (Wildman–Crippen LogP) is 2.82. The molecule has 0 aromatic rings. The van der Waals surface area contributed by atoms with E-state index in [1.54, 1.807) is 0 Å². The molecule has 120 valence electrons. The third-order valence-corrected chi connectivity index (χ3v) is 4.69. The Labute approximate surface area is 127 Å². The molecule has 3 nitrogen and oxygen atoms in total. The summed E-state index contributed by atoms with van der Waals surface area (Å²) in [7, 11) is 4.59. The summed E-state index contributed by atoms with van der Waals surface area (Å²) in [5.41, 5.74) is 0.411. The summed E-state index contributed by atoms with van der Waals surface area (Å²) < 4.78 is 0. The van der Waals surface area contributed by atoms with Crippen LogP contribution in [0.1, 0.15) is 52.9 Å². The normalized spacial score (nSPS) is 24.0. The van der Waals surface area contributed by atoms with Crippen molar-refractivity contribution in [1.82, 2.24) is 15.1 Å². The number of rotatable bonds is 9. The number of nitrogens with zero attached hydrogens (tertiary/aromatic N) is 2. The van der Waals surface area contributed by atoms with Crippen molar-refractivity contribution in [2.24, 2.45) is 5.41 Å². The third kappa shape index (κ3) is 6.11. The van der Waals surface area contributed by atoms with Crippen molar-refractivity contribution in [2.75, 3.05) is 46.8 Å². The molecule has 0 aliphatic carbocycles. The molecule has 0 aromatic heterocycles. The largest absolute Gasteiger partial charge is 0.316 e. The number of hydrogen-bond acceptors (Lipinski definition) is 3. The van der Waals surface area contributed by atoms with Crippen LogP contribution >= 0.6 is 0 Å². The number of hydrogen-bond donors (Lipinski definition) is 1. The minimum atomic E-state index is 0.411. The molecule has 1 fully saturated rings. The minimum absolute atomic E-state index is 0.411. The van der Waals surface area contributed by atoms with Gasteiger partial charge >= 0.3 is 0 Å². The smallest absolute Gasteiger partial charge is 0.0220 e. The molecule has 0 spiro atoms. The van der Waals surface area contributed by atoms with Gasteiger partial charge in [-0.15, -0.1) is 0 Å². The number of likely N-dealkylation sites (tertiary alicyclic amines) is 1. The van der Waals surface area contributed by atoms with E-state index in [4.69, 9.17) is 0 Å².